The van der Waals surface area contributed by atoms with E-state index in [1.54, 1.807) is 0 Å². The van der Waals surface area contributed by atoms with Crippen molar-refractivity contribution in [3.05, 3.63) is 178 Å². The Morgan fingerprint density at radius 3 is 1.43 bits per heavy atom. The summed E-state index contributed by atoms with van der Waals surface area (Å²) in [6.07, 6.45) is -4.59. The van der Waals surface area contributed by atoms with Crippen LogP contribution in [-0.4, -0.2) is 9.13 Å². The summed E-state index contributed by atoms with van der Waals surface area (Å²) in [4.78, 5) is 7.56. The van der Waals surface area contributed by atoms with E-state index in [1.165, 1.54) is 6.07 Å². The number of alkyl halides is 3. The lowest BCUT2D eigenvalue weighted by Crippen LogP contribution is -2.04. The van der Waals surface area contributed by atoms with Gasteiger partial charge in [0, 0.05) is 32.8 Å². The van der Waals surface area contributed by atoms with Gasteiger partial charge in [0.15, 0.2) is 11.4 Å². The normalized spacial score (nSPS) is 11.8. The van der Waals surface area contributed by atoms with E-state index in [2.05, 4.69) is 119 Å². The van der Waals surface area contributed by atoms with Crippen LogP contribution in [0.3, 0.4) is 0 Å². The van der Waals surface area contributed by atoms with Gasteiger partial charge in [-0.15, -0.1) is 0 Å². The zero-order valence-electron chi connectivity index (χ0n) is 31.0. The largest absolute Gasteiger partial charge is 0.415 e. The lowest BCUT2D eigenvalue weighted by molar-refractivity contribution is -0.137. The molecule has 270 valence electrons. The molecule has 0 unspecified atom stereocenters. The zero-order chi connectivity index (χ0) is 39.0. The SMILES string of the molecule is [C-]#[N+]c1cc(C(F)(F)F)ccc1-c1ccc(-n2c3ccc(C)cc3c3cc(C)ccc32)c(-c2cc(-n3c4ccc(C)cc4c4cc(C)ccc43)ccc2[N+]#[C-])c1. The molecule has 0 bridgehead atoms. The van der Waals surface area contributed by atoms with Crippen LogP contribution in [0.4, 0.5) is 24.5 Å². The maximum absolute atomic E-state index is 13.8. The van der Waals surface area contributed by atoms with Crippen molar-refractivity contribution in [3.8, 4) is 33.6 Å². The second kappa shape index (κ2) is 12.8. The third-order valence-corrected chi connectivity index (χ3v) is 10.8. The second-order valence-electron chi connectivity index (χ2n) is 14.6. The van der Waals surface area contributed by atoms with Crippen molar-refractivity contribution in [2.75, 3.05) is 0 Å². The van der Waals surface area contributed by atoms with Gasteiger partial charge in [0.25, 0.3) is 0 Å². The third-order valence-electron chi connectivity index (χ3n) is 10.8. The summed E-state index contributed by atoms with van der Waals surface area (Å²) in [5.74, 6) is 0. The highest BCUT2D eigenvalue weighted by molar-refractivity contribution is 6.11. The number of fused-ring (bicyclic) bond motifs is 6. The number of rotatable bonds is 4. The Hall–Kier alpha value is -7.09. The van der Waals surface area contributed by atoms with Gasteiger partial charge in [0.1, 0.15) is 0 Å². The average Bonchev–Trinajstić information content (AvgIpc) is 3.67. The molecule has 0 fully saturated rings. The van der Waals surface area contributed by atoms with Gasteiger partial charge >= 0.3 is 6.18 Å². The molecule has 7 aromatic carbocycles. The fourth-order valence-corrected chi connectivity index (χ4v) is 8.17. The summed E-state index contributed by atoms with van der Waals surface area (Å²) in [7, 11) is 0. The van der Waals surface area contributed by atoms with Crippen molar-refractivity contribution in [2.24, 2.45) is 0 Å². The molecule has 0 aliphatic carbocycles. The molecule has 56 heavy (non-hydrogen) atoms. The molecule has 0 radical (unpaired) electrons. The predicted octanol–water partition coefficient (Wildman–Crippen LogP) is 14.6. The summed E-state index contributed by atoms with van der Waals surface area (Å²) in [5, 5.41) is 4.44. The summed E-state index contributed by atoms with van der Waals surface area (Å²) in [6, 6.07) is 40.5. The van der Waals surface area contributed by atoms with Crippen LogP contribution in [0.25, 0.3) is 86.9 Å². The smallest absolute Gasteiger partial charge is 0.309 e. The Bertz CT molecular complexity index is 3080. The first-order valence-electron chi connectivity index (χ1n) is 18.2. The molecular formula is C49H33F3N4. The van der Waals surface area contributed by atoms with Gasteiger partial charge in [-0.25, -0.2) is 9.69 Å². The summed E-state index contributed by atoms with van der Waals surface area (Å²) in [6.45, 7) is 24.6. The molecule has 4 nitrogen and oxygen atoms in total. The molecule has 0 N–H and O–H groups in total. The number of benzene rings is 7. The number of hydrogen-bond acceptors (Lipinski definition) is 0. The van der Waals surface area contributed by atoms with E-state index in [4.69, 9.17) is 13.1 Å². The molecular weight excluding hydrogens is 702 g/mol. The van der Waals surface area contributed by atoms with Crippen molar-refractivity contribution < 1.29 is 13.2 Å². The molecule has 0 aliphatic heterocycles. The van der Waals surface area contributed by atoms with Crippen molar-refractivity contribution >= 4 is 55.0 Å². The molecule has 0 atom stereocenters. The van der Waals surface area contributed by atoms with Gasteiger partial charge in [-0.2, -0.15) is 13.2 Å². The first-order valence-corrected chi connectivity index (χ1v) is 18.2. The average molecular weight is 735 g/mol. The number of aromatic nitrogens is 2. The van der Waals surface area contributed by atoms with Crippen molar-refractivity contribution in [1.29, 1.82) is 0 Å². The second-order valence-corrected chi connectivity index (χ2v) is 14.6. The fraction of sp³-hybridized carbons (Fsp3) is 0.102. The molecule has 7 heteroatoms. The van der Waals surface area contributed by atoms with Crippen LogP contribution < -0.4 is 0 Å². The topological polar surface area (TPSA) is 18.6 Å². The minimum Gasteiger partial charge on any atom is -0.309 e. The van der Waals surface area contributed by atoms with Crippen LogP contribution in [-0.2, 0) is 6.18 Å². The molecule has 2 aromatic heterocycles. The number of hydrogen-bond donors (Lipinski definition) is 0. The molecule has 0 aliphatic rings. The Balaban J connectivity index is 1.38. The first kappa shape index (κ1) is 34.7. The van der Waals surface area contributed by atoms with Gasteiger partial charge < -0.3 is 9.13 Å². The molecule has 9 aromatic rings. The standard InChI is InChI=1S/C49H33F3N4/c1-28-7-16-44-37(21-28)38-22-29(2)8-17-45(38)55(44)34-13-15-42(53-5)36(27-34)41-25-32(35-14-12-33(49(50,51)52)26-43(35)54-6)11-20-48(41)56-46-18-9-30(3)23-39(46)40-24-31(4)10-19-47(40)56/h7-27H,1-4H3. The summed E-state index contributed by atoms with van der Waals surface area (Å²) in [5.41, 5.74) is 12.0. The summed E-state index contributed by atoms with van der Waals surface area (Å²) >= 11 is 0. The number of aryl methyl sites for hydroxylation is 4. The molecule has 0 spiro atoms. The van der Waals surface area contributed by atoms with E-state index in [0.29, 0.717) is 27.9 Å². The Labute approximate surface area is 321 Å². The highest BCUT2D eigenvalue weighted by atomic mass is 19.4. The van der Waals surface area contributed by atoms with Crippen molar-refractivity contribution in [3.63, 3.8) is 0 Å². The lowest BCUT2D eigenvalue weighted by atomic mass is 9.94. The minimum atomic E-state index is -4.59. The fourth-order valence-electron chi connectivity index (χ4n) is 8.17. The molecule has 0 saturated heterocycles. The van der Waals surface area contributed by atoms with Crippen LogP contribution in [0, 0.1) is 40.8 Å². The summed E-state index contributed by atoms with van der Waals surface area (Å²) < 4.78 is 45.8. The van der Waals surface area contributed by atoms with Crippen molar-refractivity contribution in [2.45, 2.75) is 33.9 Å². The minimum absolute atomic E-state index is 0.101. The number of nitrogens with zero attached hydrogens (tertiary/aromatic N) is 4. The lowest BCUT2D eigenvalue weighted by Gasteiger charge is -2.19. The van der Waals surface area contributed by atoms with Gasteiger partial charge in [-0.3, -0.25) is 0 Å². The molecule has 2 heterocycles. The zero-order valence-corrected chi connectivity index (χ0v) is 31.0. The monoisotopic (exact) mass is 734 g/mol. The van der Waals surface area contributed by atoms with E-state index in [0.717, 1.165) is 89.4 Å². The Morgan fingerprint density at radius 2 is 0.946 bits per heavy atom. The van der Waals surface area contributed by atoms with Gasteiger partial charge in [0.2, 0.25) is 0 Å². The van der Waals surface area contributed by atoms with E-state index >= 15 is 0 Å². The van der Waals surface area contributed by atoms with Gasteiger partial charge in [-0.05, 0) is 129 Å². The molecule has 0 amide bonds. The first-order chi connectivity index (χ1) is 26.9. The van der Waals surface area contributed by atoms with Crippen LogP contribution in [0.2, 0.25) is 0 Å². The predicted molar refractivity (Wildman–Crippen MR) is 222 cm³/mol. The van der Waals surface area contributed by atoms with Crippen molar-refractivity contribution in [1.82, 2.24) is 9.13 Å². The maximum atomic E-state index is 13.8. The molecule has 0 saturated carbocycles. The quantitative estimate of drug-likeness (QED) is 0.160. The van der Waals surface area contributed by atoms with Gasteiger partial charge in [-0.1, -0.05) is 70.8 Å². The van der Waals surface area contributed by atoms with Gasteiger partial charge in [0.05, 0.1) is 40.9 Å². The van der Waals surface area contributed by atoms with E-state index in [1.807, 2.05) is 36.4 Å². The highest BCUT2D eigenvalue weighted by Crippen LogP contribution is 2.45. The Morgan fingerprint density at radius 1 is 0.446 bits per heavy atom. The van der Waals surface area contributed by atoms with E-state index in [9.17, 15) is 13.2 Å². The molecule has 9 rings (SSSR count). The van der Waals surface area contributed by atoms with Crippen LogP contribution in [0.1, 0.15) is 27.8 Å². The van der Waals surface area contributed by atoms with E-state index in [-0.39, 0.29) is 5.69 Å². The highest BCUT2D eigenvalue weighted by Gasteiger charge is 2.31. The maximum Gasteiger partial charge on any atom is 0.415 e. The third kappa shape index (κ3) is 5.51. The van der Waals surface area contributed by atoms with E-state index < -0.39 is 11.7 Å². The van der Waals surface area contributed by atoms with Crippen LogP contribution >= 0.6 is 0 Å². The van der Waals surface area contributed by atoms with Crippen LogP contribution in [0.5, 0.6) is 0 Å². The number of halogens is 3. The van der Waals surface area contributed by atoms with Crippen LogP contribution in [0.15, 0.2) is 127 Å². The Kier molecular flexibility index (Phi) is 7.90.